The van der Waals surface area contributed by atoms with Gasteiger partial charge in [0.2, 0.25) is 5.36 Å². The van der Waals surface area contributed by atoms with Crippen molar-refractivity contribution in [3.05, 3.63) is 85.9 Å². The second-order valence-electron chi connectivity index (χ2n) is 12.5. The first-order valence-corrected chi connectivity index (χ1v) is 16.0. The van der Waals surface area contributed by atoms with Gasteiger partial charge in [-0.15, -0.1) is 0 Å². The number of nitrogens with zero attached hydrogens (tertiary/aromatic N) is 3. The maximum absolute atomic E-state index is 12.9. The lowest BCUT2D eigenvalue weighted by Gasteiger charge is -2.39. The smallest absolute Gasteiger partial charge is 0.210 e. The second-order valence-corrected chi connectivity index (χ2v) is 12.5. The highest BCUT2D eigenvalue weighted by atomic mass is 16.7. The van der Waals surface area contributed by atoms with Crippen LogP contribution in [0.3, 0.4) is 0 Å². The lowest BCUT2D eigenvalue weighted by molar-refractivity contribution is -0.214. The molecule has 0 bridgehead atoms. The van der Waals surface area contributed by atoms with Crippen LogP contribution in [0.25, 0.3) is 5.57 Å². The van der Waals surface area contributed by atoms with E-state index in [1.54, 1.807) is 14.2 Å². The second kappa shape index (κ2) is 10.8. The Balaban J connectivity index is 1.34. The van der Waals surface area contributed by atoms with E-state index in [0.29, 0.717) is 5.56 Å². The lowest BCUT2D eigenvalue weighted by atomic mass is 9.82. The molecular formula is C36H39N3O4. The van der Waals surface area contributed by atoms with Gasteiger partial charge in [0, 0.05) is 73.3 Å². The molecule has 0 N–H and O–H groups in total. The fourth-order valence-electron chi connectivity index (χ4n) is 8.10. The maximum Gasteiger partial charge on any atom is 0.210 e. The van der Waals surface area contributed by atoms with Crippen LogP contribution in [-0.2, 0) is 35.2 Å². The van der Waals surface area contributed by atoms with Crippen molar-refractivity contribution in [2.24, 2.45) is 4.99 Å². The van der Waals surface area contributed by atoms with Gasteiger partial charge in [-0.1, -0.05) is 24.3 Å². The topological polar surface area (TPSA) is 69.4 Å². The fourth-order valence-corrected chi connectivity index (χ4v) is 8.10. The van der Waals surface area contributed by atoms with Crippen LogP contribution in [0.15, 0.2) is 41.4 Å². The summed E-state index contributed by atoms with van der Waals surface area (Å²) in [6, 6.07) is 12.8. The van der Waals surface area contributed by atoms with E-state index in [2.05, 4.69) is 38.7 Å². The van der Waals surface area contributed by atoms with E-state index in [9.17, 15) is 5.11 Å². The Morgan fingerprint density at radius 2 is 1.63 bits per heavy atom. The van der Waals surface area contributed by atoms with Crippen LogP contribution >= 0.6 is 0 Å². The molecule has 7 nitrogen and oxygen atoms in total. The highest BCUT2D eigenvalue weighted by molar-refractivity contribution is 5.93. The number of hydrogen-bond acceptors (Lipinski definition) is 6. The summed E-state index contributed by atoms with van der Waals surface area (Å²) in [5.41, 5.74) is 11.2. The molecule has 5 heterocycles. The van der Waals surface area contributed by atoms with E-state index >= 15 is 0 Å². The quantitative estimate of drug-likeness (QED) is 0.153. The average molecular weight is 578 g/mol. The first kappa shape index (κ1) is 26.9. The number of benzene rings is 3. The first-order chi connectivity index (χ1) is 21.1. The molecule has 0 spiro atoms. The minimum atomic E-state index is -0.528. The molecule has 0 saturated carbocycles. The number of fused-ring (bicyclic) bond motifs is 4. The van der Waals surface area contributed by atoms with Crippen LogP contribution in [0.1, 0.15) is 64.6 Å². The third-order valence-electron chi connectivity index (χ3n) is 10.0. The number of hydrogen-bond donors (Lipinski definition) is 0. The Hall–Kier alpha value is -3.68. The SMILES string of the molecule is COC(CN=C([O-])c1ccc(C2=c3cc4c5c(c3Oc3c2cc2c6c3CCCN6CCC2)CCC[N+]=5CCC4)cc1)OC. The number of aryl methyl sites for hydroxylation is 2. The van der Waals surface area contributed by atoms with Crippen molar-refractivity contribution < 1.29 is 19.3 Å². The summed E-state index contributed by atoms with van der Waals surface area (Å²) in [6.45, 7) is 4.70. The summed E-state index contributed by atoms with van der Waals surface area (Å²) in [5, 5.41) is 15.5. The average Bonchev–Trinajstić information content (AvgIpc) is 3.05. The number of anilines is 1. The molecule has 0 aromatic heterocycles. The number of ether oxygens (including phenoxy) is 3. The zero-order valence-electron chi connectivity index (χ0n) is 25.2. The molecule has 0 fully saturated rings. The molecular weight excluding hydrogens is 538 g/mol. The van der Waals surface area contributed by atoms with E-state index in [1.165, 1.54) is 62.5 Å². The van der Waals surface area contributed by atoms with Crippen molar-refractivity contribution in [1.29, 1.82) is 0 Å². The standard InChI is InChI=1S/C36H39N3O4/c1-41-30(42-2)21-37-36(40)23-13-11-22(12-14-23)31-28-19-24-7-3-15-38-17-5-9-26(32(24)38)34(28)43-35-27-10-6-18-39-16-4-8-25(33(27)39)20-29(31)35/h11-14,19-20,30H,3-10,15-18,21H2,1-2H3. The molecule has 0 amide bonds. The minimum Gasteiger partial charge on any atom is -0.858 e. The summed E-state index contributed by atoms with van der Waals surface area (Å²) in [7, 11) is 3.10. The van der Waals surface area contributed by atoms with Crippen LogP contribution in [-0.4, -0.2) is 59.1 Å². The molecule has 5 aliphatic heterocycles. The largest absolute Gasteiger partial charge is 0.858 e. The Labute approximate surface area is 252 Å². The van der Waals surface area contributed by atoms with Crippen molar-refractivity contribution in [3.63, 3.8) is 0 Å². The van der Waals surface area contributed by atoms with Gasteiger partial charge in [-0.05, 0) is 73.2 Å². The monoisotopic (exact) mass is 577 g/mol. The van der Waals surface area contributed by atoms with Gasteiger partial charge in [-0.2, -0.15) is 0 Å². The van der Waals surface area contributed by atoms with E-state index < -0.39 is 6.29 Å². The molecule has 43 heavy (non-hydrogen) atoms. The van der Waals surface area contributed by atoms with Crippen LogP contribution in [0, 0.1) is 0 Å². The predicted octanol–water partition coefficient (Wildman–Crippen LogP) is 2.85. The fraction of sp³-hybridized carbons (Fsp3) is 0.444. The molecule has 3 aromatic carbocycles. The number of aliphatic imine (C=N–C) groups is 1. The van der Waals surface area contributed by atoms with Crippen LogP contribution in [0.4, 0.5) is 5.69 Å². The Morgan fingerprint density at radius 1 is 0.907 bits per heavy atom. The maximum atomic E-state index is 12.9. The van der Waals surface area contributed by atoms with Crippen molar-refractivity contribution in [1.82, 2.24) is 4.58 Å². The van der Waals surface area contributed by atoms with Gasteiger partial charge in [-0.25, -0.2) is 4.58 Å². The highest BCUT2D eigenvalue weighted by Crippen LogP contribution is 2.48. The summed E-state index contributed by atoms with van der Waals surface area (Å²) < 4.78 is 20.1. The summed E-state index contributed by atoms with van der Waals surface area (Å²) in [6.07, 6.45) is 8.49. The first-order valence-electron chi connectivity index (χ1n) is 16.0. The van der Waals surface area contributed by atoms with Gasteiger partial charge in [-0.3, -0.25) is 4.99 Å². The summed E-state index contributed by atoms with van der Waals surface area (Å²) in [4.78, 5) is 6.79. The van der Waals surface area contributed by atoms with Crippen LogP contribution < -0.4 is 29.9 Å². The third kappa shape index (κ3) is 4.39. The number of methoxy groups -OCH3 is 2. The third-order valence-corrected chi connectivity index (χ3v) is 10.0. The van der Waals surface area contributed by atoms with E-state index in [1.807, 2.05) is 12.1 Å². The molecule has 0 radical (unpaired) electrons. The van der Waals surface area contributed by atoms with Crippen molar-refractivity contribution in [2.45, 2.75) is 57.7 Å². The minimum absolute atomic E-state index is 0.166. The summed E-state index contributed by atoms with van der Waals surface area (Å²) in [5.74, 6) is 1.84. The summed E-state index contributed by atoms with van der Waals surface area (Å²) >= 11 is 0. The normalized spacial score (nSPS) is 18.6. The molecule has 0 atom stereocenters. The van der Waals surface area contributed by atoms with Gasteiger partial charge >= 0.3 is 0 Å². The zero-order chi connectivity index (χ0) is 29.1. The predicted molar refractivity (Wildman–Crippen MR) is 166 cm³/mol. The molecule has 0 saturated heterocycles. The molecule has 3 aromatic rings. The van der Waals surface area contributed by atoms with Crippen molar-refractivity contribution >= 4 is 17.2 Å². The highest BCUT2D eigenvalue weighted by Gasteiger charge is 2.35. The molecule has 5 aliphatic rings. The van der Waals surface area contributed by atoms with Gasteiger partial charge in [0.05, 0.1) is 12.1 Å². The Kier molecular flexibility index (Phi) is 6.75. The lowest BCUT2D eigenvalue weighted by Crippen LogP contribution is -2.45. The van der Waals surface area contributed by atoms with E-state index in [0.717, 1.165) is 81.8 Å². The Bertz CT molecular complexity index is 1770. The van der Waals surface area contributed by atoms with E-state index in [4.69, 9.17) is 14.2 Å². The van der Waals surface area contributed by atoms with Crippen molar-refractivity contribution in [2.75, 3.05) is 51.8 Å². The van der Waals surface area contributed by atoms with E-state index in [-0.39, 0.29) is 12.4 Å². The van der Waals surface area contributed by atoms with Crippen LogP contribution in [0.5, 0.6) is 11.5 Å². The number of rotatable bonds is 6. The van der Waals surface area contributed by atoms with Gasteiger partial charge in [0.1, 0.15) is 24.6 Å². The zero-order valence-corrected chi connectivity index (χ0v) is 25.2. The van der Waals surface area contributed by atoms with Crippen LogP contribution in [0.2, 0.25) is 0 Å². The van der Waals surface area contributed by atoms with Crippen molar-refractivity contribution in [3.8, 4) is 11.5 Å². The molecule has 0 aliphatic carbocycles. The molecule has 8 rings (SSSR count). The molecule has 7 heteroatoms. The van der Waals surface area contributed by atoms with Gasteiger partial charge < -0.3 is 24.2 Å². The molecule has 222 valence electrons. The molecule has 0 unspecified atom stereocenters. The van der Waals surface area contributed by atoms with Gasteiger partial charge in [0.15, 0.2) is 6.29 Å². The van der Waals surface area contributed by atoms with Gasteiger partial charge in [0.25, 0.3) is 0 Å². The Morgan fingerprint density at radius 3 is 2.42 bits per heavy atom.